The molecule has 10 atom stereocenters. The molecule has 2 unspecified atom stereocenters. The molecule has 0 radical (unpaired) electrons. The van der Waals surface area contributed by atoms with Crippen molar-refractivity contribution < 1.29 is 14.7 Å². The van der Waals surface area contributed by atoms with Gasteiger partial charge in [-0.15, -0.1) is 0 Å². The van der Waals surface area contributed by atoms with Crippen LogP contribution >= 0.6 is 0 Å². The first-order chi connectivity index (χ1) is 15.1. The molecule has 0 spiro atoms. The third kappa shape index (κ3) is 2.78. The Hall–Kier alpha value is -0.700. The highest BCUT2D eigenvalue weighted by atomic mass is 16.3. The molecule has 3 heteroatoms. The summed E-state index contributed by atoms with van der Waals surface area (Å²) in [4.78, 5) is 27.0. The Kier molecular flexibility index (Phi) is 4.90. The van der Waals surface area contributed by atoms with Gasteiger partial charge in [0.05, 0.1) is 6.10 Å². The lowest BCUT2D eigenvalue weighted by molar-refractivity contribution is -0.267. The van der Waals surface area contributed by atoms with Gasteiger partial charge in [-0.25, -0.2) is 0 Å². The molecule has 0 amide bonds. The zero-order chi connectivity index (χ0) is 24.4. The standard InChI is InChI=1S/C30H48O3/c1-18-19(31)9-10-21-27(5)13-14-29(7)22-16-25(2,3)11-12-26(22,4)17-23(33)30(29,8)24(27)20(32)15-28(18,21)6/h18,20-22,24,32H,9-17H2,1-8H3/t18-,20+,21?,22+,24?,26+,27-,28+,29-,30+/m0/s1. The Bertz CT molecular complexity index is 891. The number of fused-ring (bicyclic) bond motifs is 7. The topological polar surface area (TPSA) is 54.4 Å². The second kappa shape index (κ2) is 6.74. The number of hydrogen-bond acceptors (Lipinski definition) is 3. The minimum absolute atomic E-state index is 0.00529. The molecule has 0 aromatic heterocycles. The van der Waals surface area contributed by atoms with E-state index < -0.39 is 11.5 Å². The Morgan fingerprint density at radius 2 is 1.48 bits per heavy atom. The van der Waals surface area contributed by atoms with E-state index in [9.17, 15) is 14.7 Å². The summed E-state index contributed by atoms with van der Waals surface area (Å²) in [6, 6.07) is 0. The van der Waals surface area contributed by atoms with Gasteiger partial charge in [0.25, 0.3) is 0 Å². The van der Waals surface area contributed by atoms with Crippen molar-refractivity contribution in [1.29, 1.82) is 0 Å². The molecule has 0 aromatic rings. The fourth-order valence-electron chi connectivity index (χ4n) is 11.1. The third-order valence-corrected chi connectivity index (χ3v) is 13.4. The highest BCUT2D eigenvalue weighted by Gasteiger charge is 2.75. The average Bonchev–Trinajstić information content (AvgIpc) is 2.70. The lowest BCUT2D eigenvalue weighted by Crippen LogP contribution is -2.73. The van der Waals surface area contributed by atoms with Crippen LogP contribution in [0.3, 0.4) is 0 Å². The predicted octanol–water partition coefficient (Wildman–Crippen LogP) is 6.61. The van der Waals surface area contributed by atoms with Crippen LogP contribution in [0, 0.1) is 56.2 Å². The average molecular weight is 457 g/mol. The van der Waals surface area contributed by atoms with E-state index in [2.05, 4.69) is 55.4 Å². The first-order valence-electron chi connectivity index (χ1n) is 13.8. The molecule has 0 bridgehead atoms. The van der Waals surface area contributed by atoms with Crippen LogP contribution in [0.15, 0.2) is 0 Å². The maximum Gasteiger partial charge on any atom is 0.140 e. The van der Waals surface area contributed by atoms with Gasteiger partial charge in [0.1, 0.15) is 11.6 Å². The highest BCUT2D eigenvalue weighted by Crippen LogP contribution is 2.77. The largest absolute Gasteiger partial charge is 0.393 e. The molecule has 5 saturated carbocycles. The molecule has 5 fully saturated rings. The zero-order valence-electron chi connectivity index (χ0n) is 22.5. The molecule has 0 saturated heterocycles. The summed E-state index contributed by atoms with van der Waals surface area (Å²) in [5.41, 5.74) is -0.425. The third-order valence-electron chi connectivity index (χ3n) is 13.4. The monoisotopic (exact) mass is 456 g/mol. The molecule has 5 rings (SSSR count). The Balaban J connectivity index is 1.63. The molecule has 0 aromatic carbocycles. The SMILES string of the molecule is C[C@H]1C(=O)CCC2[C@]3(C)CC[C@@]4(C)[C@@H]5CC(C)(C)CC[C@]5(C)CC(=O)[C@]4(C)C3[C@H](O)C[C@@]21C. The summed E-state index contributed by atoms with van der Waals surface area (Å²) < 4.78 is 0. The summed E-state index contributed by atoms with van der Waals surface area (Å²) in [6.07, 6.45) is 8.10. The molecule has 33 heavy (non-hydrogen) atoms. The van der Waals surface area contributed by atoms with Gasteiger partial charge >= 0.3 is 0 Å². The van der Waals surface area contributed by atoms with E-state index in [-0.39, 0.29) is 33.5 Å². The molecular formula is C30H48O3. The van der Waals surface area contributed by atoms with Gasteiger partial charge in [0.15, 0.2) is 0 Å². The van der Waals surface area contributed by atoms with Crippen molar-refractivity contribution in [3.63, 3.8) is 0 Å². The van der Waals surface area contributed by atoms with Crippen LogP contribution < -0.4 is 0 Å². The molecule has 1 N–H and O–H groups in total. The molecule has 186 valence electrons. The summed E-state index contributed by atoms with van der Waals surface area (Å²) in [6.45, 7) is 18.7. The molecule has 3 nitrogen and oxygen atoms in total. The Morgan fingerprint density at radius 3 is 2.15 bits per heavy atom. The number of carbonyl (C=O) groups is 2. The van der Waals surface area contributed by atoms with Crippen LogP contribution in [0.25, 0.3) is 0 Å². The van der Waals surface area contributed by atoms with E-state index in [1.807, 2.05) is 0 Å². The molecule has 0 aliphatic heterocycles. The fourth-order valence-corrected chi connectivity index (χ4v) is 11.1. The van der Waals surface area contributed by atoms with Crippen LogP contribution in [0.4, 0.5) is 0 Å². The quantitative estimate of drug-likeness (QED) is 0.446. The first-order valence-corrected chi connectivity index (χ1v) is 13.8. The van der Waals surface area contributed by atoms with E-state index in [0.717, 1.165) is 25.7 Å². The van der Waals surface area contributed by atoms with Gasteiger partial charge in [-0.1, -0.05) is 55.4 Å². The normalized spacial score (nSPS) is 58.0. The second-order valence-electron chi connectivity index (χ2n) is 15.3. The van der Waals surface area contributed by atoms with Gasteiger partial charge in [-0.3, -0.25) is 9.59 Å². The van der Waals surface area contributed by atoms with Crippen molar-refractivity contribution in [3.8, 4) is 0 Å². The van der Waals surface area contributed by atoms with Crippen LogP contribution in [0.1, 0.15) is 113 Å². The minimum Gasteiger partial charge on any atom is -0.393 e. The molecular weight excluding hydrogens is 408 g/mol. The molecule has 5 aliphatic rings. The molecule has 5 aliphatic carbocycles. The van der Waals surface area contributed by atoms with Gasteiger partial charge in [0, 0.05) is 30.1 Å². The maximum atomic E-state index is 14.3. The van der Waals surface area contributed by atoms with E-state index in [1.165, 1.54) is 12.8 Å². The van der Waals surface area contributed by atoms with Crippen LogP contribution in [0.5, 0.6) is 0 Å². The first kappa shape index (κ1) is 24.0. The van der Waals surface area contributed by atoms with E-state index in [1.54, 1.807) is 0 Å². The van der Waals surface area contributed by atoms with E-state index in [0.29, 0.717) is 48.1 Å². The highest BCUT2D eigenvalue weighted by molar-refractivity contribution is 5.88. The zero-order valence-corrected chi connectivity index (χ0v) is 22.5. The van der Waals surface area contributed by atoms with Gasteiger partial charge in [0.2, 0.25) is 0 Å². The predicted molar refractivity (Wildman–Crippen MR) is 132 cm³/mol. The summed E-state index contributed by atoms with van der Waals surface area (Å²) in [5, 5.41) is 11.9. The lowest BCUT2D eigenvalue weighted by atomic mass is 9.29. The van der Waals surface area contributed by atoms with Crippen LogP contribution in [-0.2, 0) is 9.59 Å². The summed E-state index contributed by atoms with van der Waals surface area (Å²) in [5.74, 6) is 1.69. The minimum atomic E-state index is -0.515. The number of hydrogen-bond donors (Lipinski definition) is 1. The number of aliphatic hydroxyl groups is 1. The Morgan fingerprint density at radius 1 is 0.818 bits per heavy atom. The van der Waals surface area contributed by atoms with Crippen molar-refractivity contribution in [3.05, 3.63) is 0 Å². The van der Waals surface area contributed by atoms with Crippen molar-refractivity contribution in [2.75, 3.05) is 0 Å². The van der Waals surface area contributed by atoms with Crippen molar-refractivity contribution >= 4 is 11.6 Å². The van der Waals surface area contributed by atoms with Crippen molar-refractivity contribution in [1.82, 2.24) is 0 Å². The molecule has 0 heterocycles. The fraction of sp³-hybridized carbons (Fsp3) is 0.933. The van der Waals surface area contributed by atoms with Crippen LogP contribution in [-0.4, -0.2) is 22.8 Å². The second-order valence-corrected chi connectivity index (χ2v) is 15.3. The van der Waals surface area contributed by atoms with Gasteiger partial charge in [-0.05, 0) is 83.9 Å². The van der Waals surface area contributed by atoms with E-state index in [4.69, 9.17) is 0 Å². The lowest BCUT2D eigenvalue weighted by Gasteiger charge is -2.74. The summed E-state index contributed by atoms with van der Waals surface area (Å²) in [7, 11) is 0. The van der Waals surface area contributed by atoms with Crippen molar-refractivity contribution in [2.45, 2.75) is 119 Å². The van der Waals surface area contributed by atoms with Crippen molar-refractivity contribution in [2.24, 2.45) is 56.2 Å². The number of Topliss-reactive ketones (excluding diaryl/α,β-unsaturated/α-hetero) is 2. The smallest absolute Gasteiger partial charge is 0.140 e. The van der Waals surface area contributed by atoms with Gasteiger partial charge in [-0.2, -0.15) is 0 Å². The van der Waals surface area contributed by atoms with Gasteiger partial charge < -0.3 is 5.11 Å². The maximum absolute atomic E-state index is 14.3. The Labute approximate surface area is 201 Å². The van der Waals surface area contributed by atoms with Crippen LogP contribution in [0.2, 0.25) is 0 Å². The number of ketones is 2. The summed E-state index contributed by atoms with van der Waals surface area (Å²) >= 11 is 0. The van der Waals surface area contributed by atoms with E-state index >= 15 is 0 Å². The number of carbonyl (C=O) groups excluding carboxylic acids is 2. The number of aliphatic hydroxyl groups excluding tert-OH is 1. The number of rotatable bonds is 0.